The van der Waals surface area contributed by atoms with Gasteiger partial charge in [-0.2, -0.15) is 0 Å². The molecule has 10 heteroatoms. The monoisotopic (exact) mass is 497 g/mol. The molecule has 188 valence electrons. The third kappa shape index (κ3) is 4.61. The average Bonchev–Trinajstić information content (AvgIpc) is 3.58. The molecule has 0 unspecified atom stereocenters. The highest BCUT2D eigenvalue weighted by Crippen LogP contribution is 2.32. The number of aryl methyl sites for hydroxylation is 1. The van der Waals surface area contributed by atoms with Crippen LogP contribution in [0.3, 0.4) is 0 Å². The Morgan fingerprint density at radius 3 is 2.38 bits per heavy atom. The first-order valence-corrected chi connectivity index (χ1v) is 12.0. The van der Waals surface area contributed by atoms with Crippen molar-refractivity contribution < 1.29 is 9.47 Å². The predicted octanol–water partition coefficient (Wildman–Crippen LogP) is 3.90. The number of nitrogens with zero attached hydrogens (tertiary/aromatic N) is 6. The van der Waals surface area contributed by atoms with Gasteiger partial charge in [-0.05, 0) is 46.7 Å². The van der Waals surface area contributed by atoms with Crippen LogP contribution >= 0.6 is 0 Å². The minimum absolute atomic E-state index is 0.153. The number of aromatic nitrogens is 7. The van der Waals surface area contributed by atoms with Crippen LogP contribution in [0, 0.1) is 0 Å². The molecule has 2 aromatic carbocycles. The summed E-state index contributed by atoms with van der Waals surface area (Å²) in [6.45, 7) is 2.53. The summed E-state index contributed by atoms with van der Waals surface area (Å²) in [5, 5.41) is 14.2. The van der Waals surface area contributed by atoms with Gasteiger partial charge in [0.15, 0.2) is 5.82 Å². The van der Waals surface area contributed by atoms with E-state index in [2.05, 4.69) is 32.5 Å². The number of hydrogen-bond acceptors (Lipinski definition) is 7. The topological polar surface area (TPSA) is 113 Å². The first kappa shape index (κ1) is 24.0. The van der Waals surface area contributed by atoms with Gasteiger partial charge in [-0.15, -0.1) is 5.10 Å². The molecule has 0 saturated carbocycles. The molecule has 0 bridgehead atoms. The van der Waals surface area contributed by atoms with E-state index in [0.29, 0.717) is 29.6 Å². The molecule has 0 aliphatic heterocycles. The van der Waals surface area contributed by atoms with Crippen molar-refractivity contribution in [1.29, 1.82) is 0 Å². The second kappa shape index (κ2) is 10.5. The van der Waals surface area contributed by atoms with Crippen molar-refractivity contribution in [3.05, 3.63) is 88.7 Å². The zero-order valence-electron chi connectivity index (χ0n) is 20.9. The minimum Gasteiger partial charge on any atom is -0.494 e. The molecular formula is C27H27N7O3. The Hall–Kier alpha value is -4.73. The van der Waals surface area contributed by atoms with E-state index in [1.54, 1.807) is 29.6 Å². The minimum atomic E-state index is -0.153. The van der Waals surface area contributed by atoms with Gasteiger partial charge < -0.3 is 9.47 Å². The van der Waals surface area contributed by atoms with E-state index in [-0.39, 0.29) is 5.69 Å². The van der Waals surface area contributed by atoms with Crippen molar-refractivity contribution in [3.8, 4) is 39.8 Å². The number of pyridine rings is 1. The number of rotatable bonds is 9. The molecule has 37 heavy (non-hydrogen) atoms. The van der Waals surface area contributed by atoms with E-state index in [1.165, 1.54) is 0 Å². The smallest absolute Gasteiger partial charge is 0.333 e. The first-order chi connectivity index (χ1) is 18.1. The maximum atomic E-state index is 13.7. The predicted molar refractivity (Wildman–Crippen MR) is 139 cm³/mol. The highest BCUT2D eigenvalue weighted by Gasteiger charge is 2.19. The molecule has 0 amide bonds. The van der Waals surface area contributed by atoms with Gasteiger partial charge in [-0.3, -0.25) is 14.1 Å². The summed E-state index contributed by atoms with van der Waals surface area (Å²) in [5.74, 6) is 1.69. The number of benzene rings is 2. The van der Waals surface area contributed by atoms with Gasteiger partial charge >= 0.3 is 5.69 Å². The van der Waals surface area contributed by atoms with E-state index in [1.807, 2.05) is 60.8 Å². The molecule has 0 radical (unpaired) electrons. The normalized spacial score (nSPS) is 11.0. The fourth-order valence-electron chi connectivity index (χ4n) is 4.43. The fraction of sp³-hybridized carbons (Fsp3) is 0.222. The van der Waals surface area contributed by atoms with E-state index in [9.17, 15) is 4.79 Å². The van der Waals surface area contributed by atoms with Gasteiger partial charge in [-0.1, -0.05) is 43.7 Å². The van der Waals surface area contributed by atoms with Crippen LogP contribution in [0.2, 0.25) is 0 Å². The zero-order valence-corrected chi connectivity index (χ0v) is 20.9. The second-order valence-corrected chi connectivity index (χ2v) is 8.47. The zero-order chi connectivity index (χ0) is 25.8. The van der Waals surface area contributed by atoms with Gasteiger partial charge in [0.05, 0.1) is 26.5 Å². The maximum absolute atomic E-state index is 13.7. The summed E-state index contributed by atoms with van der Waals surface area (Å²) in [6, 6.07) is 17.3. The molecule has 0 spiro atoms. The Balaban J connectivity index is 1.51. The SMILES string of the molecule is CCCc1cn(-c2c(OC)cccc2OC)c(=O)n1Cc1ccc(-c2ncccc2-c2nnn[nH]2)cc1. The molecule has 0 atom stereocenters. The van der Waals surface area contributed by atoms with Crippen LogP contribution in [-0.4, -0.2) is 49.0 Å². The number of H-pyrrole nitrogens is 1. The summed E-state index contributed by atoms with van der Waals surface area (Å²) in [4.78, 5) is 18.2. The summed E-state index contributed by atoms with van der Waals surface area (Å²) in [5.41, 5.74) is 4.87. The third-order valence-corrected chi connectivity index (χ3v) is 6.19. The van der Waals surface area contributed by atoms with Gasteiger partial charge in [0, 0.05) is 29.2 Å². The van der Waals surface area contributed by atoms with Crippen molar-refractivity contribution in [3.63, 3.8) is 0 Å². The molecule has 5 aromatic rings. The molecule has 10 nitrogen and oxygen atoms in total. The number of hydrogen-bond donors (Lipinski definition) is 1. The van der Waals surface area contributed by atoms with Gasteiger partial charge in [-0.25, -0.2) is 9.89 Å². The number of tetrazole rings is 1. The number of ether oxygens (including phenoxy) is 2. The van der Waals surface area contributed by atoms with Crippen molar-refractivity contribution >= 4 is 0 Å². The quantitative estimate of drug-likeness (QED) is 0.329. The van der Waals surface area contributed by atoms with Crippen molar-refractivity contribution in [2.24, 2.45) is 0 Å². The summed E-state index contributed by atoms with van der Waals surface area (Å²) < 4.78 is 14.5. The van der Waals surface area contributed by atoms with Crippen LogP contribution < -0.4 is 15.2 Å². The van der Waals surface area contributed by atoms with Crippen LogP contribution in [-0.2, 0) is 13.0 Å². The Bertz CT molecular complexity index is 1530. The highest BCUT2D eigenvalue weighted by molar-refractivity contribution is 5.76. The molecule has 0 aliphatic rings. The van der Waals surface area contributed by atoms with E-state index in [4.69, 9.17) is 9.47 Å². The first-order valence-electron chi connectivity index (χ1n) is 12.0. The van der Waals surface area contributed by atoms with Crippen LogP contribution in [0.1, 0.15) is 24.6 Å². The van der Waals surface area contributed by atoms with Gasteiger partial charge in [0.1, 0.15) is 17.2 Å². The van der Waals surface area contributed by atoms with Crippen LogP contribution in [0.4, 0.5) is 0 Å². The maximum Gasteiger partial charge on any atom is 0.333 e. The molecular weight excluding hydrogens is 470 g/mol. The lowest BCUT2D eigenvalue weighted by molar-refractivity contribution is 0.390. The standard InChI is InChI=1S/C27H27N7O3/c1-4-7-20-17-34(25-22(36-2)9-5-10-23(25)37-3)27(35)33(20)16-18-11-13-19(14-12-18)24-21(8-6-15-28-24)26-29-31-32-30-26/h5-6,8-15,17H,4,7,16H2,1-3H3,(H,29,30,31,32). The van der Waals surface area contributed by atoms with Crippen LogP contribution in [0.5, 0.6) is 11.5 Å². The second-order valence-electron chi connectivity index (χ2n) is 8.47. The van der Waals surface area contributed by atoms with E-state index in [0.717, 1.165) is 40.9 Å². The number of aromatic amines is 1. The summed E-state index contributed by atoms with van der Waals surface area (Å²) >= 11 is 0. The Morgan fingerprint density at radius 2 is 1.73 bits per heavy atom. The molecule has 0 saturated heterocycles. The molecule has 5 rings (SSSR count). The lowest BCUT2D eigenvalue weighted by Crippen LogP contribution is -2.25. The van der Waals surface area contributed by atoms with Crippen molar-refractivity contribution in [1.82, 2.24) is 34.7 Å². The van der Waals surface area contributed by atoms with Crippen molar-refractivity contribution in [2.75, 3.05) is 14.2 Å². The van der Waals surface area contributed by atoms with E-state index >= 15 is 0 Å². The number of imidazole rings is 1. The average molecular weight is 498 g/mol. The van der Waals surface area contributed by atoms with Gasteiger partial charge in [0.2, 0.25) is 0 Å². The Kier molecular flexibility index (Phi) is 6.80. The third-order valence-electron chi connectivity index (χ3n) is 6.19. The molecule has 0 aliphatic carbocycles. The number of para-hydroxylation sites is 1. The van der Waals surface area contributed by atoms with Crippen molar-refractivity contribution in [2.45, 2.75) is 26.3 Å². The van der Waals surface area contributed by atoms with Crippen LogP contribution in [0.25, 0.3) is 28.3 Å². The Morgan fingerprint density at radius 1 is 0.973 bits per heavy atom. The fourth-order valence-corrected chi connectivity index (χ4v) is 4.43. The number of methoxy groups -OCH3 is 2. The number of nitrogens with one attached hydrogen (secondary N) is 1. The molecule has 3 heterocycles. The van der Waals surface area contributed by atoms with Gasteiger partial charge in [0.25, 0.3) is 0 Å². The molecule has 3 aromatic heterocycles. The lowest BCUT2D eigenvalue weighted by atomic mass is 10.0. The summed E-state index contributed by atoms with van der Waals surface area (Å²) in [6.07, 6.45) is 5.29. The molecule has 1 N–H and O–H groups in total. The largest absolute Gasteiger partial charge is 0.494 e. The molecule has 0 fully saturated rings. The van der Waals surface area contributed by atoms with E-state index < -0.39 is 0 Å². The summed E-state index contributed by atoms with van der Waals surface area (Å²) in [7, 11) is 3.17. The lowest BCUT2D eigenvalue weighted by Gasteiger charge is -2.12. The highest BCUT2D eigenvalue weighted by atomic mass is 16.5. The van der Waals surface area contributed by atoms with Crippen LogP contribution in [0.15, 0.2) is 71.8 Å². The Labute approximate surface area is 213 Å².